The van der Waals surface area contributed by atoms with Gasteiger partial charge in [-0.1, -0.05) is 26.0 Å². The molecule has 0 amide bonds. The highest BCUT2D eigenvalue weighted by Gasteiger charge is 2.34. The van der Waals surface area contributed by atoms with E-state index in [1.807, 2.05) is 19.1 Å². The summed E-state index contributed by atoms with van der Waals surface area (Å²) in [5.74, 6) is 1.03. The van der Waals surface area contributed by atoms with Gasteiger partial charge in [0.15, 0.2) is 0 Å². The number of rotatable bonds is 8. The summed E-state index contributed by atoms with van der Waals surface area (Å²) in [6.45, 7) is 7.93. The van der Waals surface area contributed by atoms with Crippen LogP contribution >= 0.6 is 0 Å². The van der Waals surface area contributed by atoms with Crippen LogP contribution in [-0.4, -0.2) is 19.3 Å². The van der Waals surface area contributed by atoms with Crippen LogP contribution in [0.3, 0.4) is 0 Å². The second-order valence-electron chi connectivity index (χ2n) is 6.04. The van der Waals surface area contributed by atoms with Crippen LogP contribution in [0.5, 0.6) is 0 Å². The number of hydrogen-bond donors (Lipinski definition) is 1. The maximum Gasteiger partial charge on any atom is 0.123 e. The molecule has 0 bridgehead atoms. The lowest BCUT2D eigenvalue weighted by Gasteiger charge is -2.29. The second kappa shape index (κ2) is 7.19. The Labute approximate surface area is 121 Å². The van der Waals surface area contributed by atoms with Crippen molar-refractivity contribution < 1.29 is 9.13 Å². The van der Waals surface area contributed by atoms with Gasteiger partial charge in [-0.3, -0.25) is 0 Å². The molecule has 0 aromatic heterocycles. The molecule has 20 heavy (non-hydrogen) atoms. The predicted molar refractivity (Wildman–Crippen MR) is 80.1 cm³/mol. The minimum atomic E-state index is -0.168. The highest BCUT2D eigenvalue weighted by molar-refractivity contribution is 5.22. The molecular weight excluding hydrogens is 253 g/mol. The Morgan fingerprint density at radius 3 is 2.40 bits per heavy atom. The van der Waals surface area contributed by atoms with Gasteiger partial charge in [-0.15, -0.1) is 0 Å². The highest BCUT2D eigenvalue weighted by atomic mass is 19.1. The van der Waals surface area contributed by atoms with Crippen LogP contribution in [0.15, 0.2) is 24.3 Å². The molecule has 0 spiro atoms. The fraction of sp³-hybridized carbons (Fsp3) is 0.647. The average molecular weight is 279 g/mol. The molecule has 2 unspecified atom stereocenters. The Kier molecular flexibility index (Phi) is 5.55. The van der Waals surface area contributed by atoms with Crippen LogP contribution in [0.1, 0.15) is 45.2 Å². The zero-order chi connectivity index (χ0) is 14.5. The lowest BCUT2D eigenvalue weighted by Crippen LogP contribution is -2.41. The van der Waals surface area contributed by atoms with Crippen molar-refractivity contribution in [1.29, 1.82) is 0 Å². The van der Waals surface area contributed by atoms with Crippen LogP contribution in [0, 0.1) is 17.7 Å². The van der Waals surface area contributed by atoms with Crippen molar-refractivity contribution in [2.75, 3.05) is 13.2 Å². The van der Waals surface area contributed by atoms with E-state index in [-0.39, 0.29) is 5.82 Å². The van der Waals surface area contributed by atoms with E-state index in [0.29, 0.717) is 23.9 Å². The van der Waals surface area contributed by atoms with Gasteiger partial charge in [-0.05, 0) is 49.3 Å². The van der Waals surface area contributed by atoms with E-state index >= 15 is 0 Å². The van der Waals surface area contributed by atoms with E-state index in [9.17, 15) is 4.39 Å². The van der Waals surface area contributed by atoms with Crippen molar-refractivity contribution in [2.24, 2.45) is 11.8 Å². The minimum absolute atomic E-state index is 0.168. The van der Waals surface area contributed by atoms with Crippen LogP contribution in [0.25, 0.3) is 0 Å². The van der Waals surface area contributed by atoms with Gasteiger partial charge in [0.05, 0.1) is 6.61 Å². The molecule has 2 atom stereocenters. The molecule has 2 rings (SSSR count). The first-order valence-corrected chi connectivity index (χ1v) is 7.71. The summed E-state index contributed by atoms with van der Waals surface area (Å²) in [5, 5.41) is 3.74. The quantitative estimate of drug-likeness (QED) is 0.778. The monoisotopic (exact) mass is 279 g/mol. The van der Waals surface area contributed by atoms with Gasteiger partial charge >= 0.3 is 0 Å². The van der Waals surface area contributed by atoms with Gasteiger partial charge in [0.2, 0.25) is 0 Å². The van der Waals surface area contributed by atoms with E-state index in [0.717, 1.165) is 13.2 Å². The molecule has 3 heteroatoms. The SMILES string of the molecule is CCOCC(NC(c1ccc(F)cc1)C1CC1)C(C)C. The van der Waals surface area contributed by atoms with Gasteiger partial charge in [0, 0.05) is 18.7 Å². The summed E-state index contributed by atoms with van der Waals surface area (Å²) >= 11 is 0. The Morgan fingerprint density at radius 2 is 1.90 bits per heavy atom. The standard InChI is InChI=1S/C17H26FNO/c1-4-20-11-16(12(2)3)19-17(13-5-6-13)14-7-9-15(18)10-8-14/h7-10,12-13,16-17,19H,4-6,11H2,1-3H3. The van der Waals surface area contributed by atoms with Crippen molar-refractivity contribution in [3.05, 3.63) is 35.6 Å². The largest absolute Gasteiger partial charge is 0.380 e. The maximum atomic E-state index is 13.1. The van der Waals surface area contributed by atoms with Crippen LogP contribution < -0.4 is 5.32 Å². The minimum Gasteiger partial charge on any atom is -0.380 e. The summed E-state index contributed by atoms with van der Waals surface area (Å²) in [5.41, 5.74) is 1.19. The maximum absolute atomic E-state index is 13.1. The lowest BCUT2D eigenvalue weighted by atomic mass is 9.98. The molecule has 0 radical (unpaired) electrons. The number of nitrogens with one attached hydrogen (secondary N) is 1. The second-order valence-corrected chi connectivity index (χ2v) is 6.04. The zero-order valence-electron chi connectivity index (χ0n) is 12.7. The highest BCUT2D eigenvalue weighted by Crippen LogP contribution is 2.41. The zero-order valence-corrected chi connectivity index (χ0v) is 12.7. The van der Waals surface area contributed by atoms with Crippen molar-refractivity contribution in [1.82, 2.24) is 5.32 Å². The fourth-order valence-corrected chi connectivity index (χ4v) is 2.51. The average Bonchev–Trinajstić information content (AvgIpc) is 3.24. The van der Waals surface area contributed by atoms with Crippen LogP contribution in [0.2, 0.25) is 0 Å². The predicted octanol–water partition coefficient (Wildman–Crippen LogP) is 3.93. The van der Waals surface area contributed by atoms with Crippen LogP contribution in [0.4, 0.5) is 4.39 Å². The van der Waals surface area contributed by atoms with Crippen molar-refractivity contribution in [3.8, 4) is 0 Å². The van der Waals surface area contributed by atoms with E-state index in [1.54, 1.807) is 12.1 Å². The Morgan fingerprint density at radius 1 is 1.25 bits per heavy atom. The molecule has 1 aromatic carbocycles. The Balaban J connectivity index is 2.06. The Hall–Kier alpha value is -0.930. The lowest BCUT2D eigenvalue weighted by molar-refractivity contribution is 0.102. The molecule has 1 aromatic rings. The van der Waals surface area contributed by atoms with Gasteiger partial charge in [-0.25, -0.2) is 4.39 Å². The molecule has 2 nitrogen and oxygen atoms in total. The molecule has 0 aliphatic heterocycles. The van der Waals surface area contributed by atoms with E-state index < -0.39 is 0 Å². The molecule has 0 heterocycles. The molecular formula is C17H26FNO. The van der Waals surface area contributed by atoms with Gasteiger partial charge in [-0.2, -0.15) is 0 Å². The molecule has 1 fully saturated rings. The molecule has 0 saturated heterocycles. The molecule has 1 saturated carbocycles. The summed E-state index contributed by atoms with van der Waals surface area (Å²) in [7, 11) is 0. The van der Waals surface area contributed by atoms with E-state index in [1.165, 1.54) is 18.4 Å². The topological polar surface area (TPSA) is 21.3 Å². The molecule has 1 aliphatic rings. The van der Waals surface area contributed by atoms with Crippen molar-refractivity contribution >= 4 is 0 Å². The first-order chi connectivity index (χ1) is 9.61. The fourth-order valence-electron chi connectivity index (χ4n) is 2.51. The van der Waals surface area contributed by atoms with E-state index in [4.69, 9.17) is 4.74 Å². The van der Waals surface area contributed by atoms with Crippen molar-refractivity contribution in [3.63, 3.8) is 0 Å². The summed E-state index contributed by atoms with van der Waals surface area (Å²) in [6.07, 6.45) is 2.52. The summed E-state index contributed by atoms with van der Waals surface area (Å²) < 4.78 is 18.7. The van der Waals surface area contributed by atoms with Gasteiger partial charge < -0.3 is 10.1 Å². The number of benzene rings is 1. The molecule has 112 valence electrons. The first kappa shape index (κ1) is 15.5. The third-order valence-electron chi connectivity index (χ3n) is 4.02. The summed E-state index contributed by atoms with van der Waals surface area (Å²) in [6, 6.07) is 7.58. The number of halogens is 1. The van der Waals surface area contributed by atoms with Crippen molar-refractivity contribution in [2.45, 2.75) is 45.7 Å². The normalized spacial score (nSPS) is 18.2. The van der Waals surface area contributed by atoms with E-state index in [2.05, 4.69) is 19.2 Å². The third-order valence-corrected chi connectivity index (χ3v) is 4.02. The van der Waals surface area contributed by atoms with Gasteiger partial charge in [0.25, 0.3) is 0 Å². The Bertz CT molecular complexity index is 400. The van der Waals surface area contributed by atoms with Crippen LogP contribution in [-0.2, 0) is 4.74 Å². The molecule has 1 N–H and O–H groups in total. The summed E-state index contributed by atoms with van der Waals surface area (Å²) in [4.78, 5) is 0. The number of hydrogen-bond acceptors (Lipinski definition) is 2. The smallest absolute Gasteiger partial charge is 0.123 e. The molecule has 1 aliphatic carbocycles. The number of ether oxygens (including phenoxy) is 1. The van der Waals surface area contributed by atoms with Gasteiger partial charge in [0.1, 0.15) is 5.82 Å². The first-order valence-electron chi connectivity index (χ1n) is 7.71. The third kappa shape index (κ3) is 4.29.